The third-order valence-corrected chi connectivity index (χ3v) is 2.41. The number of nitrogens with zero attached hydrogens (tertiary/aromatic N) is 2. The molecule has 0 unspecified atom stereocenters. The van der Waals surface area contributed by atoms with Crippen LogP contribution in [0.1, 0.15) is 13.8 Å². The van der Waals surface area contributed by atoms with Crippen LogP contribution in [-0.2, 0) is 6.54 Å². The molecule has 84 valence electrons. The zero-order valence-electron chi connectivity index (χ0n) is 9.43. The topological polar surface area (TPSA) is 44.1 Å². The molecular weight excluding hydrogens is 204 g/mol. The van der Waals surface area contributed by atoms with E-state index in [2.05, 4.69) is 5.10 Å². The van der Waals surface area contributed by atoms with Crippen molar-refractivity contribution in [2.75, 3.05) is 6.61 Å². The van der Waals surface area contributed by atoms with Crippen LogP contribution in [0.15, 0.2) is 29.1 Å². The van der Waals surface area contributed by atoms with Crippen molar-refractivity contribution >= 4 is 10.8 Å². The first-order valence-electron chi connectivity index (χ1n) is 5.40. The highest BCUT2D eigenvalue weighted by atomic mass is 16.5. The van der Waals surface area contributed by atoms with Gasteiger partial charge in [-0.2, -0.15) is 0 Å². The van der Waals surface area contributed by atoms with Crippen LogP contribution >= 0.6 is 0 Å². The van der Waals surface area contributed by atoms with Crippen molar-refractivity contribution in [1.82, 2.24) is 9.78 Å². The van der Waals surface area contributed by atoms with Gasteiger partial charge in [0.15, 0.2) is 0 Å². The number of aryl methyl sites for hydroxylation is 1. The van der Waals surface area contributed by atoms with E-state index < -0.39 is 0 Å². The van der Waals surface area contributed by atoms with E-state index in [-0.39, 0.29) is 5.56 Å². The van der Waals surface area contributed by atoms with Gasteiger partial charge in [0.25, 0.3) is 5.56 Å². The summed E-state index contributed by atoms with van der Waals surface area (Å²) in [6.45, 7) is 4.87. The molecule has 2 aromatic rings. The van der Waals surface area contributed by atoms with Crippen LogP contribution in [0.25, 0.3) is 10.8 Å². The van der Waals surface area contributed by atoms with Gasteiger partial charge in [0, 0.05) is 6.54 Å². The maximum absolute atomic E-state index is 12.0. The van der Waals surface area contributed by atoms with Gasteiger partial charge in [-0.3, -0.25) is 4.79 Å². The third-order valence-electron chi connectivity index (χ3n) is 2.41. The Morgan fingerprint density at radius 1 is 1.25 bits per heavy atom. The molecule has 0 radical (unpaired) electrons. The Labute approximate surface area is 93.5 Å². The molecule has 0 amide bonds. The van der Waals surface area contributed by atoms with E-state index in [1.54, 1.807) is 6.07 Å². The van der Waals surface area contributed by atoms with E-state index in [0.29, 0.717) is 24.4 Å². The van der Waals surface area contributed by atoms with Gasteiger partial charge in [0.05, 0.1) is 17.4 Å². The van der Waals surface area contributed by atoms with Crippen LogP contribution < -0.4 is 10.3 Å². The average molecular weight is 218 g/mol. The minimum absolute atomic E-state index is 0.0680. The van der Waals surface area contributed by atoms with Crippen molar-refractivity contribution in [3.05, 3.63) is 34.6 Å². The molecule has 0 aliphatic heterocycles. The van der Waals surface area contributed by atoms with Crippen LogP contribution in [0.3, 0.4) is 0 Å². The Kier molecular flexibility index (Phi) is 2.90. The van der Waals surface area contributed by atoms with Gasteiger partial charge in [-0.15, -0.1) is 5.10 Å². The lowest BCUT2D eigenvalue weighted by atomic mass is 10.2. The largest absolute Gasteiger partial charge is 0.477 e. The van der Waals surface area contributed by atoms with E-state index in [9.17, 15) is 4.79 Å². The SMILES string of the molecule is CCOc1nn(CC)c(=O)c2ccccc12. The number of benzene rings is 1. The molecule has 0 bridgehead atoms. The first-order valence-corrected chi connectivity index (χ1v) is 5.40. The number of aromatic nitrogens is 2. The second-order valence-electron chi connectivity index (χ2n) is 3.40. The Bertz CT molecular complexity index is 560. The molecule has 0 N–H and O–H groups in total. The van der Waals surface area contributed by atoms with E-state index >= 15 is 0 Å². The normalized spacial score (nSPS) is 10.6. The summed E-state index contributed by atoms with van der Waals surface area (Å²) < 4.78 is 6.87. The quantitative estimate of drug-likeness (QED) is 0.789. The summed E-state index contributed by atoms with van der Waals surface area (Å²) in [5, 5.41) is 5.62. The predicted octanol–water partition coefficient (Wildman–Crippen LogP) is 1.82. The van der Waals surface area contributed by atoms with Crippen LogP contribution in [0.4, 0.5) is 0 Å². The highest BCUT2D eigenvalue weighted by Crippen LogP contribution is 2.19. The Morgan fingerprint density at radius 2 is 1.94 bits per heavy atom. The number of rotatable bonds is 3. The van der Waals surface area contributed by atoms with Crippen molar-refractivity contribution in [3.8, 4) is 5.88 Å². The first kappa shape index (κ1) is 10.7. The number of hydrogen-bond donors (Lipinski definition) is 0. The third kappa shape index (κ3) is 1.66. The summed E-state index contributed by atoms with van der Waals surface area (Å²) in [5.74, 6) is 0.527. The maximum atomic E-state index is 12.0. The smallest absolute Gasteiger partial charge is 0.274 e. The average Bonchev–Trinajstić information content (AvgIpc) is 2.33. The van der Waals surface area contributed by atoms with Gasteiger partial charge in [-0.25, -0.2) is 4.68 Å². The fourth-order valence-corrected chi connectivity index (χ4v) is 1.66. The molecular formula is C12H14N2O2. The van der Waals surface area contributed by atoms with Crippen LogP contribution in [0.5, 0.6) is 5.88 Å². The fraction of sp³-hybridized carbons (Fsp3) is 0.333. The molecule has 1 heterocycles. The van der Waals surface area contributed by atoms with Crippen molar-refractivity contribution < 1.29 is 4.74 Å². The highest BCUT2D eigenvalue weighted by molar-refractivity contribution is 5.85. The Morgan fingerprint density at radius 3 is 2.56 bits per heavy atom. The molecule has 4 heteroatoms. The molecule has 0 aliphatic rings. The van der Waals surface area contributed by atoms with Crippen molar-refractivity contribution in [1.29, 1.82) is 0 Å². The van der Waals surface area contributed by atoms with Crippen LogP contribution in [-0.4, -0.2) is 16.4 Å². The van der Waals surface area contributed by atoms with Crippen molar-refractivity contribution in [3.63, 3.8) is 0 Å². The summed E-state index contributed by atoms with van der Waals surface area (Å²) in [6.07, 6.45) is 0. The van der Waals surface area contributed by atoms with Gasteiger partial charge in [-0.05, 0) is 26.0 Å². The minimum atomic E-state index is -0.0680. The van der Waals surface area contributed by atoms with E-state index in [4.69, 9.17) is 4.74 Å². The van der Waals surface area contributed by atoms with Crippen LogP contribution in [0, 0.1) is 0 Å². The second-order valence-corrected chi connectivity index (χ2v) is 3.40. The predicted molar refractivity (Wildman–Crippen MR) is 62.8 cm³/mol. The summed E-state index contributed by atoms with van der Waals surface area (Å²) in [6, 6.07) is 7.38. The van der Waals surface area contributed by atoms with Crippen molar-refractivity contribution in [2.24, 2.45) is 0 Å². The Hall–Kier alpha value is -1.84. The van der Waals surface area contributed by atoms with Crippen molar-refractivity contribution in [2.45, 2.75) is 20.4 Å². The van der Waals surface area contributed by atoms with Gasteiger partial charge >= 0.3 is 0 Å². The van der Waals surface area contributed by atoms with Gasteiger partial charge in [0.1, 0.15) is 0 Å². The summed E-state index contributed by atoms with van der Waals surface area (Å²) in [4.78, 5) is 12.0. The molecule has 0 aliphatic carbocycles. The van der Waals surface area contributed by atoms with E-state index in [1.165, 1.54) is 4.68 Å². The zero-order chi connectivity index (χ0) is 11.5. The highest BCUT2D eigenvalue weighted by Gasteiger charge is 2.09. The number of fused-ring (bicyclic) bond motifs is 1. The van der Waals surface area contributed by atoms with Gasteiger partial charge in [0.2, 0.25) is 5.88 Å². The molecule has 1 aromatic heterocycles. The second kappa shape index (κ2) is 4.35. The van der Waals surface area contributed by atoms with Crippen LogP contribution in [0.2, 0.25) is 0 Å². The Balaban J connectivity index is 2.79. The standard InChI is InChI=1S/C12H14N2O2/c1-3-14-12(15)10-8-6-5-7-9(10)11(13-14)16-4-2/h5-8H,3-4H2,1-2H3. The molecule has 1 aromatic carbocycles. The number of ether oxygens (including phenoxy) is 1. The summed E-state index contributed by atoms with van der Waals surface area (Å²) >= 11 is 0. The molecule has 4 nitrogen and oxygen atoms in total. The molecule has 16 heavy (non-hydrogen) atoms. The number of hydrogen-bond acceptors (Lipinski definition) is 3. The lowest BCUT2D eigenvalue weighted by Gasteiger charge is -2.09. The minimum Gasteiger partial charge on any atom is -0.477 e. The van der Waals surface area contributed by atoms with E-state index in [1.807, 2.05) is 32.0 Å². The monoisotopic (exact) mass is 218 g/mol. The molecule has 0 atom stereocenters. The molecule has 0 saturated carbocycles. The van der Waals surface area contributed by atoms with Gasteiger partial charge in [-0.1, -0.05) is 12.1 Å². The molecule has 2 rings (SSSR count). The van der Waals surface area contributed by atoms with Gasteiger partial charge < -0.3 is 4.74 Å². The zero-order valence-corrected chi connectivity index (χ0v) is 9.43. The molecule has 0 fully saturated rings. The summed E-state index contributed by atoms with van der Waals surface area (Å²) in [7, 11) is 0. The van der Waals surface area contributed by atoms with E-state index in [0.717, 1.165) is 5.39 Å². The lowest BCUT2D eigenvalue weighted by Crippen LogP contribution is -2.22. The maximum Gasteiger partial charge on any atom is 0.274 e. The molecule has 0 saturated heterocycles. The fourth-order valence-electron chi connectivity index (χ4n) is 1.66. The lowest BCUT2D eigenvalue weighted by molar-refractivity contribution is 0.319. The summed E-state index contributed by atoms with van der Waals surface area (Å²) in [5.41, 5.74) is -0.0680. The molecule has 0 spiro atoms. The first-order chi connectivity index (χ1) is 7.77.